The quantitative estimate of drug-likeness (QED) is 0.849. The molecule has 0 bridgehead atoms. The average Bonchev–Trinajstić information content (AvgIpc) is 2.46. The highest BCUT2D eigenvalue weighted by molar-refractivity contribution is 6.12. The fourth-order valence-electron chi connectivity index (χ4n) is 2.09. The van der Waals surface area contributed by atoms with Crippen LogP contribution in [0.4, 0.5) is 13.2 Å². The number of aliphatic imine (C=N–C) groups is 1. The van der Waals surface area contributed by atoms with Gasteiger partial charge in [0.2, 0.25) is 0 Å². The largest absolute Gasteiger partial charge is 0.510 e. The molecule has 0 unspecified atom stereocenters. The highest BCUT2D eigenvalue weighted by Crippen LogP contribution is 2.36. The molecule has 1 aliphatic rings. The van der Waals surface area contributed by atoms with Crippen LogP contribution in [0.5, 0.6) is 0 Å². The van der Waals surface area contributed by atoms with Crippen molar-refractivity contribution in [3.63, 3.8) is 0 Å². The minimum Gasteiger partial charge on any atom is -0.510 e. The molecule has 1 N–H and O–H groups in total. The highest BCUT2D eigenvalue weighted by atomic mass is 19.4. The Balaban J connectivity index is 2.67. The van der Waals surface area contributed by atoms with Gasteiger partial charge in [0.05, 0.1) is 12.7 Å². The molecular weight excluding hydrogens is 303 g/mol. The summed E-state index contributed by atoms with van der Waals surface area (Å²) in [6.07, 6.45) is -3.18. The second-order valence-corrected chi connectivity index (χ2v) is 4.50. The first kappa shape index (κ1) is 15.7. The van der Waals surface area contributed by atoms with Gasteiger partial charge < -0.3 is 9.84 Å². The summed E-state index contributed by atoms with van der Waals surface area (Å²) in [6, 6.07) is 3.81. The third-order valence-corrected chi connectivity index (χ3v) is 3.20. The summed E-state index contributed by atoms with van der Waals surface area (Å²) in [7, 11) is 1.01. The van der Waals surface area contributed by atoms with Crippen LogP contribution >= 0.6 is 0 Å². The number of aliphatic hydroxyl groups is 1. The van der Waals surface area contributed by atoms with Gasteiger partial charge in [-0.2, -0.15) is 13.2 Å². The van der Waals surface area contributed by atoms with Crippen molar-refractivity contribution in [3.8, 4) is 0 Å². The predicted octanol–water partition coefficient (Wildman–Crippen LogP) is 2.17. The van der Waals surface area contributed by atoms with Crippen molar-refractivity contribution in [3.05, 3.63) is 47.2 Å². The Hall–Kier alpha value is -2.64. The lowest BCUT2D eigenvalue weighted by Gasteiger charge is -2.28. The van der Waals surface area contributed by atoms with Crippen molar-refractivity contribution in [2.75, 3.05) is 7.11 Å². The maximum absolute atomic E-state index is 12.8. The number of carbonyl (C=O) groups excluding carboxylic acids is 2. The van der Waals surface area contributed by atoms with Crippen molar-refractivity contribution < 1.29 is 32.6 Å². The number of halogens is 3. The lowest BCUT2D eigenvalue weighted by Crippen LogP contribution is -2.43. The van der Waals surface area contributed by atoms with Crippen LogP contribution in [0.25, 0.3) is 0 Å². The van der Waals surface area contributed by atoms with Gasteiger partial charge in [-0.25, -0.2) is 4.99 Å². The molecule has 2 rings (SSSR count). The van der Waals surface area contributed by atoms with E-state index in [0.29, 0.717) is 12.1 Å². The molecule has 0 aliphatic carbocycles. The molecule has 116 valence electrons. The van der Waals surface area contributed by atoms with E-state index in [4.69, 9.17) is 0 Å². The molecule has 0 aromatic heterocycles. The average molecular weight is 313 g/mol. The molecular formula is C14H10F3NO4. The molecule has 0 radical (unpaired) electrons. The Morgan fingerprint density at radius 1 is 1.36 bits per heavy atom. The summed E-state index contributed by atoms with van der Waals surface area (Å²) in [4.78, 5) is 26.6. The summed E-state index contributed by atoms with van der Waals surface area (Å²) in [6.45, 7) is 0. The van der Waals surface area contributed by atoms with Gasteiger partial charge in [0, 0.05) is 12.3 Å². The predicted molar refractivity (Wildman–Crippen MR) is 69.3 cm³/mol. The van der Waals surface area contributed by atoms with Crippen LogP contribution in [0.3, 0.4) is 0 Å². The number of methoxy groups -OCH3 is 1. The van der Waals surface area contributed by atoms with Gasteiger partial charge in [-0.05, 0) is 17.7 Å². The molecule has 0 saturated carbocycles. The fraction of sp³-hybridized carbons (Fsp3) is 0.214. The Kier molecular flexibility index (Phi) is 3.78. The Morgan fingerprint density at radius 3 is 2.59 bits per heavy atom. The molecule has 0 saturated heterocycles. The molecule has 22 heavy (non-hydrogen) atoms. The van der Waals surface area contributed by atoms with E-state index < -0.39 is 34.8 Å². The van der Waals surface area contributed by atoms with Crippen LogP contribution in [0, 0.1) is 0 Å². The van der Waals surface area contributed by atoms with E-state index in [1.54, 1.807) is 0 Å². The van der Waals surface area contributed by atoms with Crippen LogP contribution in [0.2, 0.25) is 0 Å². The number of hydrogen-bond acceptors (Lipinski definition) is 4. The molecule has 1 aromatic carbocycles. The van der Waals surface area contributed by atoms with Crippen molar-refractivity contribution >= 4 is 18.1 Å². The number of carbonyl (C=O) groups is 2. The fourth-order valence-corrected chi connectivity index (χ4v) is 2.09. The smallest absolute Gasteiger partial charge is 0.416 e. The number of amides is 1. The van der Waals surface area contributed by atoms with Crippen LogP contribution in [0.15, 0.2) is 41.1 Å². The molecule has 0 spiro atoms. The Labute approximate surface area is 122 Å². The van der Waals surface area contributed by atoms with Gasteiger partial charge >= 0.3 is 12.1 Å². The molecule has 1 amide bonds. The third kappa shape index (κ3) is 2.47. The summed E-state index contributed by atoms with van der Waals surface area (Å²) in [5, 5.41) is 10.0. The maximum Gasteiger partial charge on any atom is 0.416 e. The van der Waals surface area contributed by atoms with Crippen molar-refractivity contribution in [1.29, 1.82) is 0 Å². The van der Waals surface area contributed by atoms with Gasteiger partial charge in [-0.15, -0.1) is 0 Å². The van der Waals surface area contributed by atoms with E-state index >= 15 is 0 Å². The topological polar surface area (TPSA) is 76.0 Å². The van der Waals surface area contributed by atoms with Crippen LogP contribution in [-0.2, 0) is 25.9 Å². The van der Waals surface area contributed by atoms with Crippen molar-refractivity contribution in [2.24, 2.45) is 4.99 Å². The lowest BCUT2D eigenvalue weighted by atomic mass is 9.77. The summed E-state index contributed by atoms with van der Waals surface area (Å²) in [5.74, 6) is -2.64. The van der Waals surface area contributed by atoms with Gasteiger partial charge in [0.25, 0.3) is 5.91 Å². The van der Waals surface area contributed by atoms with Crippen LogP contribution < -0.4 is 0 Å². The molecule has 1 atom stereocenters. The first-order valence-corrected chi connectivity index (χ1v) is 5.98. The van der Waals surface area contributed by atoms with E-state index in [1.165, 1.54) is 6.07 Å². The van der Waals surface area contributed by atoms with E-state index in [0.717, 1.165) is 25.5 Å². The highest BCUT2D eigenvalue weighted by Gasteiger charge is 2.47. The summed E-state index contributed by atoms with van der Waals surface area (Å²) < 4.78 is 43.0. The Morgan fingerprint density at radius 2 is 2.05 bits per heavy atom. The van der Waals surface area contributed by atoms with Gasteiger partial charge in [0.15, 0.2) is 5.41 Å². The zero-order chi connectivity index (χ0) is 16.5. The lowest BCUT2D eigenvalue weighted by molar-refractivity contribution is -0.144. The Bertz CT molecular complexity index is 694. The number of benzene rings is 1. The van der Waals surface area contributed by atoms with Crippen molar-refractivity contribution in [2.45, 2.75) is 11.6 Å². The number of aliphatic hydroxyl groups excluding tert-OH is 1. The maximum atomic E-state index is 12.8. The molecule has 0 fully saturated rings. The molecule has 1 heterocycles. The standard InChI is InChI=1S/C14H10F3NO4/c1-22-12(21)13(7-18-11(20)6-10(13)19)8-3-2-4-9(5-8)14(15,16)17/h2-7,19H,1H3/t13-/m0/s1. The number of alkyl halides is 3. The van der Waals surface area contributed by atoms with Gasteiger partial charge in [-0.3, -0.25) is 9.59 Å². The summed E-state index contributed by atoms with van der Waals surface area (Å²) >= 11 is 0. The zero-order valence-corrected chi connectivity index (χ0v) is 11.2. The number of rotatable bonds is 2. The number of hydrogen-bond donors (Lipinski definition) is 1. The number of nitrogens with zero attached hydrogens (tertiary/aromatic N) is 1. The first-order valence-electron chi connectivity index (χ1n) is 5.98. The minimum absolute atomic E-state index is 0.209. The van der Waals surface area contributed by atoms with Crippen molar-refractivity contribution in [1.82, 2.24) is 0 Å². The van der Waals surface area contributed by atoms with Gasteiger partial charge in [-0.1, -0.05) is 12.1 Å². The number of ether oxygens (including phenoxy) is 1. The second-order valence-electron chi connectivity index (χ2n) is 4.50. The monoisotopic (exact) mass is 313 g/mol. The van der Waals surface area contributed by atoms with Crippen LogP contribution in [0.1, 0.15) is 11.1 Å². The SMILES string of the molecule is COC(=O)[C@]1(c2cccc(C(F)(F)F)c2)C=NC(=O)C=C1O. The number of dihydropyridines is 1. The third-order valence-electron chi connectivity index (χ3n) is 3.20. The molecule has 8 heteroatoms. The normalized spacial score (nSPS) is 21.5. The summed E-state index contributed by atoms with van der Waals surface area (Å²) in [5.41, 5.74) is -3.30. The minimum atomic E-state index is -4.63. The molecule has 1 aliphatic heterocycles. The van der Waals surface area contributed by atoms with Gasteiger partial charge in [0.1, 0.15) is 5.76 Å². The molecule has 5 nitrogen and oxygen atoms in total. The van der Waals surface area contributed by atoms with E-state index in [1.807, 2.05) is 0 Å². The zero-order valence-electron chi connectivity index (χ0n) is 11.2. The first-order chi connectivity index (χ1) is 10.2. The van der Waals surface area contributed by atoms with Crippen LogP contribution in [-0.4, -0.2) is 30.3 Å². The molecule has 1 aromatic rings. The van der Waals surface area contributed by atoms with E-state index in [2.05, 4.69) is 9.73 Å². The van der Waals surface area contributed by atoms with E-state index in [9.17, 15) is 27.9 Å². The number of esters is 1. The second kappa shape index (κ2) is 5.28. The van der Waals surface area contributed by atoms with E-state index in [-0.39, 0.29) is 5.56 Å².